The molecule has 0 fully saturated rings. The summed E-state index contributed by atoms with van der Waals surface area (Å²) < 4.78 is 1.87. The third-order valence-corrected chi connectivity index (χ3v) is 2.73. The Bertz CT molecular complexity index is 423. The van der Waals surface area contributed by atoms with Gasteiger partial charge in [0.15, 0.2) is 5.78 Å². The van der Waals surface area contributed by atoms with E-state index in [4.69, 9.17) is 0 Å². The maximum absolute atomic E-state index is 11.6. The number of allylic oxidation sites excluding steroid dienone is 2. The predicted molar refractivity (Wildman–Crippen MR) is 65.4 cm³/mol. The quantitative estimate of drug-likeness (QED) is 0.731. The molecule has 1 aromatic heterocycles. The van der Waals surface area contributed by atoms with Crippen molar-refractivity contribution in [3.63, 3.8) is 0 Å². The van der Waals surface area contributed by atoms with Gasteiger partial charge in [0.05, 0.1) is 5.69 Å². The minimum Gasteiger partial charge on any atom is -0.295 e. The summed E-state index contributed by atoms with van der Waals surface area (Å²) in [5, 5.41) is 4.34. The first-order valence-electron chi connectivity index (χ1n) is 5.58. The Kier molecular flexibility index (Phi) is 4.05. The fourth-order valence-corrected chi connectivity index (χ4v) is 1.82. The zero-order valence-electron chi connectivity index (χ0n) is 10.8. The van der Waals surface area contributed by atoms with Gasteiger partial charge in [-0.1, -0.05) is 5.57 Å². The van der Waals surface area contributed by atoms with Gasteiger partial charge in [0.2, 0.25) is 0 Å². The molecule has 0 radical (unpaired) electrons. The molecule has 0 aliphatic rings. The first-order chi connectivity index (χ1) is 7.41. The first-order valence-corrected chi connectivity index (χ1v) is 5.58. The van der Waals surface area contributed by atoms with Crippen LogP contribution in [0.3, 0.4) is 0 Å². The Balaban J connectivity index is 2.68. The Morgan fingerprint density at radius 2 is 2.00 bits per heavy atom. The third kappa shape index (κ3) is 3.05. The molecule has 0 aliphatic heterocycles. The summed E-state index contributed by atoms with van der Waals surface area (Å²) >= 11 is 0. The molecule has 0 saturated heterocycles. The maximum Gasteiger partial charge on any atom is 0.155 e. The number of carbonyl (C=O) groups is 1. The van der Waals surface area contributed by atoms with Gasteiger partial charge >= 0.3 is 0 Å². The molecule has 1 aromatic rings. The molecule has 1 rings (SSSR count). The molecule has 88 valence electrons. The lowest BCUT2D eigenvalue weighted by molar-refractivity contribution is -0.114. The molecule has 0 aliphatic carbocycles. The minimum absolute atomic E-state index is 0.197. The van der Waals surface area contributed by atoms with Crippen molar-refractivity contribution in [3.8, 4) is 0 Å². The van der Waals surface area contributed by atoms with E-state index in [1.807, 2.05) is 39.4 Å². The highest BCUT2D eigenvalue weighted by Crippen LogP contribution is 2.14. The summed E-state index contributed by atoms with van der Waals surface area (Å²) in [6.45, 7) is 7.92. The van der Waals surface area contributed by atoms with E-state index < -0.39 is 0 Å². The third-order valence-electron chi connectivity index (χ3n) is 2.73. The maximum atomic E-state index is 11.6. The van der Waals surface area contributed by atoms with Crippen LogP contribution in [-0.2, 0) is 18.3 Å². The van der Waals surface area contributed by atoms with E-state index in [-0.39, 0.29) is 5.78 Å². The molecular weight excluding hydrogens is 200 g/mol. The van der Waals surface area contributed by atoms with Crippen LogP contribution < -0.4 is 0 Å². The molecule has 0 saturated carbocycles. The topological polar surface area (TPSA) is 34.9 Å². The highest BCUT2D eigenvalue weighted by molar-refractivity contribution is 5.90. The van der Waals surface area contributed by atoms with Crippen LogP contribution in [0, 0.1) is 13.8 Å². The van der Waals surface area contributed by atoms with Gasteiger partial charge in [-0.15, -0.1) is 0 Å². The molecule has 3 heteroatoms. The normalized spacial score (nSPS) is 10.3. The molecule has 0 unspecified atom stereocenters. The van der Waals surface area contributed by atoms with Gasteiger partial charge in [-0.3, -0.25) is 9.48 Å². The van der Waals surface area contributed by atoms with E-state index in [2.05, 4.69) is 5.10 Å². The number of rotatable bonds is 4. The zero-order chi connectivity index (χ0) is 12.3. The molecular formula is C13H20N2O. The van der Waals surface area contributed by atoms with Crippen LogP contribution in [0.4, 0.5) is 0 Å². The molecule has 3 nitrogen and oxygen atoms in total. The van der Waals surface area contributed by atoms with Crippen LogP contribution in [0.5, 0.6) is 0 Å². The summed E-state index contributed by atoms with van der Waals surface area (Å²) in [4.78, 5) is 11.6. The molecule has 0 bridgehead atoms. The van der Waals surface area contributed by atoms with Crippen molar-refractivity contribution < 1.29 is 4.79 Å². The number of aryl methyl sites for hydroxylation is 2. The van der Waals surface area contributed by atoms with Gasteiger partial charge in [0.1, 0.15) is 0 Å². The molecule has 0 aromatic carbocycles. The van der Waals surface area contributed by atoms with Gasteiger partial charge in [-0.25, -0.2) is 0 Å². The average molecular weight is 220 g/mol. The first kappa shape index (κ1) is 12.7. The molecule has 1 heterocycles. The SMILES string of the molecule is CC(C)=CC(=O)CCc1c(C)nn(C)c1C. The Hall–Kier alpha value is -1.38. The van der Waals surface area contributed by atoms with Crippen LogP contribution >= 0.6 is 0 Å². The van der Waals surface area contributed by atoms with Crippen molar-refractivity contribution in [1.29, 1.82) is 0 Å². The van der Waals surface area contributed by atoms with Gasteiger partial charge in [0, 0.05) is 19.2 Å². The summed E-state index contributed by atoms with van der Waals surface area (Å²) in [5.74, 6) is 0.197. The molecule has 0 amide bonds. The summed E-state index contributed by atoms with van der Waals surface area (Å²) in [5.41, 5.74) is 4.45. The van der Waals surface area contributed by atoms with E-state index in [9.17, 15) is 4.79 Å². The second-order valence-electron chi connectivity index (χ2n) is 4.46. The van der Waals surface area contributed by atoms with Crippen molar-refractivity contribution in [2.75, 3.05) is 0 Å². The standard InChI is InChI=1S/C13H20N2O/c1-9(2)8-12(16)6-7-13-10(3)14-15(5)11(13)4/h8H,6-7H2,1-5H3. The number of ketones is 1. The molecule has 0 spiro atoms. The van der Waals surface area contributed by atoms with Crippen molar-refractivity contribution in [1.82, 2.24) is 9.78 Å². The van der Waals surface area contributed by atoms with Crippen LogP contribution in [0.2, 0.25) is 0 Å². The minimum atomic E-state index is 0.197. The van der Waals surface area contributed by atoms with Crippen molar-refractivity contribution in [2.24, 2.45) is 7.05 Å². The Morgan fingerprint density at radius 1 is 1.38 bits per heavy atom. The van der Waals surface area contributed by atoms with Crippen LogP contribution in [0.1, 0.15) is 37.2 Å². The molecule has 0 atom stereocenters. The van der Waals surface area contributed by atoms with Gasteiger partial charge in [-0.05, 0) is 45.8 Å². The van der Waals surface area contributed by atoms with Crippen molar-refractivity contribution in [3.05, 3.63) is 28.6 Å². The number of nitrogens with zero attached hydrogens (tertiary/aromatic N) is 2. The number of aromatic nitrogens is 2. The summed E-state index contributed by atoms with van der Waals surface area (Å²) in [6.07, 6.45) is 3.06. The van der Waals surface area contributed by atoms with Crippen LogP contribution in [0.15, 0.2) is 11.6 Å². The Morgan fingerprint density at radius 3 is 2.44 bits per heavy atom. The average Bonchev–Trinajstić information content (AvgIpc) is 2.38. The number of carbonyl (C=O) groups excluding carboxylic acids is 1. The fourth-order valence-electron chi connectivity index (χ4n) is 1.82. The van der Waals surface area contributed by atoms with Gasteiger partial charge in [-0.2, -0.15) is 5.10 Å². The molecule has 0 N–H and O–H groups in total. The van der Waals surface area contributed by atoms with Crippen molar-refractivity contribution >= 4 is 5.78 Å². The van der Waals surface area contributed by atoms with Crippen molar-refractivity contribution in [2.45, 2.75) is 40.5 Å². The smallest absolute Gasteiger partial charge is 0.155 e. The van der Waals surface area contributed by atoms with E-state index in [1.54, 1.807) is 6.08 Å². The lowest BCUT2D eigenvalue weighted by Crippen LogP contribution is -1.99. The summed E-state index contributed by atoms with van der Waals surface area (Å²) in [6, 6.07) is 0. The van der Waals surface area contributed by atoms with Gasteiger partial charge < -0.3 is 0 Å². The van der Waals surface area contributed by atoms with E-state index in [1.165, 1.54) is 5.56 Å². The van der Waals surface area contributed by atoms with Crippen LogP contribution in [-0.4, -0.2) is 15.6 Å². The summed E-state index contributed by atoms with van der Waals surface area (Å²) in [7, 11) is 1.93. The lowest BCUT2D eigenvalue weighted by Gasteiger charge is -2.00. The van der Waals surface area contributed by atoms with E-state index in [0.29, 0.717) is 6.42 Å². The van der Waals surface area contributed by atoms with Gasteiger partial charge in [0.25, 0.3) is 0 Å². The van der Waals surface area contributed by atoms with E-state index in [0.717, 1.165) is 23.4 Å². The second kappa shape index (κ2) is 5.10. The second-order valence-corrected chi connectivity index (χ2v) is 4.46. The zero-order valence-corrected chi connectivity index (χ0v) is 10.8. The number of hydrogen-bond acceptors (Lipinski definition) is 2. The molecule has 16 heavy (non-hydrogen) atoms. The van der Waals surface area contributed by atoms with Crippen LogP contribution in [0.25, 0.3) is 0 Å². The Labute approximate surface area is 97.2 Å². The predicted octanol–water partition coefficient (Wildman–Crippen LogP) is 2.50. The largest absolute Gasteiger partial charge is 0.295 e. The highest BCUT2D eigenvalue weighted by atomic mass is 16.1. The fraction of sp³-hybridized carbons (Fsp3) is 0.538. The number of hydrogen-bond donors (Lipinski definition) is 0. The van der Waals surface area contributed by atoms with E-state index >= 15 is 0 Å². The lowest BCUT2D eigenvalue weighted by atomic mass is 10.1. The monoisotopic (exact) mass is 220 g/mol. The highest BCUT2D eigenvalue weighted by Gasteiger charge is 2.10.